The molecule has 0 aliphatic heterocycles. The molecule has 0 radical (unpaired) electrons. The number of hydrogen-bond donors (Lipinski definition) is 3. The Hall–Kier alpha value is -2.05. The van der Waals surface area contributed by atoms with Crippen LogP contribution in [0.1, 0.15) is 36.2 Å². The average molecular weight is 377 g/mol. The summed E-state index contributed by atoms with van der Waals surface area (Å²) in [6.07, 6.45) is 2.93. The van der Waals surface area contributed by atoms with Crippen molar-refractivity contribution in [2.75, 3.05) is 14.1 Å². The van der Waals surface area contributed by atoms with Gasteiger partial charge in [0.1, 0.15) is 5.69 Å². The van der Waals surface area contributed by atoms with Crippen LogP contribution < -0.4 is 11.1 Å². The van der Waals surface area contributed by atoms with E-state index in [4.69, 9.17) is 17.3 Å². The lowest BCUT2D eigenvalue weighted by Crippen LogP contribution is -2.51. The molecule has 1 aromatic heterocycles. The van der Waals surface area contributed by atoms with Gasteiger partial charge in [-0.25, -0.2) is 0 Å². The summed E-state index contributed by atoms with van der Waals surface area (Å²) in [7, 11) is 3.53. The molecule has 4 N–H and O–H groups in total. The van der Waals surface area contributed by atoms with Crippen LogP contribution in [0, 0.1) is 5.92 Å². The molecule has 0 unspecified atom stereocenters. The highest BCUT2D eigenvalue weighted by atomic mass is 35.5. The summed E-state index contributed by atoms with van der Waals surface area (Å²) < 4.78 is 0. The molecule has 6 nitrogen and oxygen atoms in total. The smallest absolute Gasteiger partial charge is 0.268 e. The molecule has 2 amide bonds. The van der Waals surface area contributed by atoms with Crippen LogP contribution in [0.25, 0.3) is 10.9 Å². The van der Waals surface area contributed by atoms with Crippen LogP contribution in [0.3, 0.4) is 0 Å². The Morgan fingerprint density at radius 1 is 1.31 bits per heavy atom. The molecule has 0 bridgehead atoms. The maximum atomic E-state index is 12.6. The number of benzene rings is 1. The van der Waals surface area contributed by atoms with E-state index in [1.54, 1.807) is 31.1 Å². The number of nitrogens with two attached hydrogens (primary N) is 1. The third kappa shape index (κ3) is 4.19. The van der Waals surface area contributed by atoms with Crippen molar-refractivity contribution >= 4 is 34.3 Å². The van der Waals surface area contributed by atoms with Gasteiger partial charge in [0.25, 0.3) is 5.91 Å². The van der Waals surface area contributed by atoms with E-state index in [9.17, 15) is 9.59 Å². The van der Waals surface area contributed by atoms with Crippen LogP contribution in [0.4, 0.5) is 0 Å². The first-order valence-electron chi connectivity index (χ1n) is 8.88. The van der Waals surface area contributed by atoms with Crippen molar-refractivity contribution in [3.8, 4) is 0 Å². The molecular weight excluding hydrogens is 352 g/mol. The van der Waals surface area contributed by atoms with Gasteiger partial charge in [0.15, 0.2) is 0 Å². The predicted molar refractivity (Wildman–Crippen MR) is 103 cm³/mol. The summed E-state index contributed by atoms with van der Waals surface area (Å²) in [5.74, 6) is 0.241. The van der Waals surface area contributed by atoms with Gasteiger partial charge in [-0.1, -0.05) is 11.6 Å². The molecule has 0 saturated heterocycles. The molecule has 1 aromatic carbocycles. The lowest BCUT2D eigenvalue weighted by atomic mass is 9.81. The fourth-order valence-electron chi connectivity index (χ4n) is 3.56. The predicted octanol–water partition coefficient (Wildman–Crippen LogP) is 2.53. The highest BCUT2D eigenvalue weighted by Gasteiger charge is 2.30. The van der Waals surface area contributed by atoms with Gasteiger partial charge in [-0.15, -0.1) is 0 Å². The van der Waals surface area contributed by atoms with E-state index in [0.717, 1.165) is 30.2 Å². The normalized spacial score (nSPS) is 23.0. The molecule has 3 atom stereocenters. The summed E-state index contributed by atoms with van der Waals surface area (Å²) in [6, 6.07) is 7.03. The molecule has 1 aliphatic rings. The van der Waals surface area contributed by atoms with Gasteiger partial charge < -0.3 is 20.9 Å². The molecule has 1 saturated carbocycles. The van der Waals surface area contributed by atoms with Crippen LogP contribution in [-0.2, 0) is 4.79 Å². The third-order valence-electron chi connectivity index (χ3n) is 5.11. The zero-order valence-corrected chi connectivity index (χ0v) is 15.8. The number of H-pyrrole nitrogens is 1. The number of nitrogens with zero attached hydrogens (tertiary/aromatic N) is 1. The van der Waals surface area contributed by atoms with E-state index >= 15 is 0 Å². The Morgan fingerprint density at radius 3 is 2.77 bits per heavy atom. The molecule has 2 aromatic rings. The SMILES string of the molecule is CN(C)C(=O)C[C@@H]1CC[C@@H](NC(=O)c2cc3cc(Cl)ccc3[nH]2)[C@@H](N)C1. The second kappa shape index (κ2) is 7.68. The fraction of sp³-hybridized carbons (Fsp3) is 0.474. The van der Waals surface area contributed by atoms with Gasteiger partial charge in [-0.3, -0.25) is 9.59 Å². The Bertz CT molecular complexity index is 817. The Balaban J connectivity index is 1.60. The van der Waals surface area contributed by atoms with E-state index in [1.807, 2.05) is 12.1 Å². The highest BCUT2D eigenvalue weighted by Crippen LogP contribution is 2.27. The molecule has 3 rings (SSSR count). The number of aromatic amines is 1. The Morgan fingerprint density at radius 2 is 2.08 bits per heavy atom. The van der Waals surface area contributed by atoms with E-state index < -0.39 is 0 Å². The van der Waals surface area contributed by atoms with Crippen molar-refractivity contribution in [2.45, 2.75) is 37.8 Å². The van der Waals surface area contributed by atoms with Crippen LogP contribution in [0.15, 0.2) is 24.3 Å². The monoisotopic (exact) mass is 376 g/mol. The van der Waals surface area contributed by atoms with Crippen LogP contribution in [0.5, 0.6) is 0 Å². The van der Waals surface area contributed by atoms with Gasteiger partial charge in [0.05, 0.1) is 0 Å². The molecule has 1 fully saturated rings. The second-order valence-corrected chi connectivity index (χ2v) is 7.77. The number of fused-ring (bicyclic) bond motifs is 1. The molecule has 1 aliphatic carbocycles. The average Bonchev–Trinajstić information content (AvgIpc) is 3.00. The standard InChI is InChI=1S/C19H25ClN4O2/c1-24(2)18(25)8-11-3-5-16(14(21)7-11)23-19(26)17-10-12-9-13(20)4-6-15(12)22-17/h4,6,9-11,14,16,22H,3,5,7-8,21H2,1-2H3,(H,23,26)/t11-,14+,16-/m1/s1. The van der Waals surface area contributed by atoms with Crippen molar-refractivity contribution < 1.29 is 9.59 Å². The first-order valence-corrected chi connectivity index (χ1v) is 9.26. The summed E-state index contributed by atoms with van der Waals surface area (Å²) in [4.78, 5) is 29.2. The number of halogens is 1. The molecule has 0 spiro atoms. The minimum atomic E-state index is -0.166. The van der Waals surface area contributed by atoms with Crippen molar-refractivity contribution in [1.29, 1.82) is 0 Å². The second-order valence-electron chi connectivity index (χ2n) is 7.33. The van der Waals surface area contributed by atoms with Gasteiger partial charge in [0.2, 0.25) is 5.91 Å². The first-order chi connectivity index (χ1) is 12.3. The summed E-state index contributed by atoms with van der Waals surface area (Å²) in [6.45, 7) is 0. The quantitative estimate of drug-likeness (QED) is 0.765. The largest absolute Gasteiger partial charge is 0.351 e. The number of rotatable bonds is 4. The van der Waals surface area contributed by atoms with Gasteiger partial charge in [0, 0.05) is 48.5 Å². The van der Waals surface area contributed by atoms with Crippen molar-refractivity contribution in [1.82, 2.24) is 15.2 Å². The van der Waals surface area contributed by atoms with Crippen molar-refractivity contribution in [3.63, 3.8) is 0 Å². The minimum absolute atomic E-state index is 0.0804. The molecule has 140 valence electrons. The molecule has 7 heteroatoms. The molecule has 26 heavy (non-hydrogen) atoms. The minimum Gasteiger partial charge on any atom is -0.351 e. The van der Waals surface area contributed by atoms with Crippen LogP contribution >= 0.6 is 11.6 Å². The number of amides is 2. The van der Waals surface area contributed by atoms with Crippen molar-refractivity contribution in [3.05, 3.63) is 35.0 Å². The van der Waals surface area contributed by atoms with Crippen LogP contribution in [-0.4, -0.2) is 47.9 Å². The Labute approximate surface area is 158 Å². The fourth-order valence-corrected chi connectivity index (χ4v) is 3.74. The van der Waals surface area contributed by atoms with Gasteiger partial charge >= 0.3 is 0 Å². The summed E-state index contributed by atoms with van der Waals surface area (Å²) >= 11 is 5.99. The number of carbonyl (C=O) groups is 2. The summed E-state index contributed by atoms with van der Waals surface area (Å²) in [5.41, 5.74) is 7.64. The van der Waals surface area contributed by atoms with E-state index in [0.29, 0.717) is 17.1 Å². The molecule has 1 heterocycles. The maximum absolute atomic E-state index is 12.6. The van der Waals surface area contributed by atoms with E-state index in [2.05, 4.69) is 10.3 Å². The maximum Gasteiger partial charge on any atom is 0.268 e. The zero-order chi connectivity index (χ0) is 18.8. The zero-order valence-electron chi connectivity index (χ0n) is 15.1. The topological polar surface area (TPSA) is 91.2 Å². The van der Waals surface area contributed by atoms with Gasteiger partial charge in [-0.2, -0.15) is 0 Å². The third-order valence-corrected chi connectivity index (χ3v) is 5.35. The van der Waals surface area contributed by atoms with Crippen molar-refractivity contribution in [2.24, 2.45) is 11.7 Å². The van der Waals surface area contributed by atoms with Gasteiger partial charge in [-0.05, 0) is 49.4 Å². The number of carbonyl (C=O) groups excluding carboxylic acids is 2. The number of aromatic nitrogens is 1. The summed E-state index contributed by atoms with van der Waals surface area (Å²) in [5, 5.41) is 4.57. The first kappa shape index (κ1) is 18.7. The van der Waals surface area contributed by atoms with E-state index in [1.165, 1.54) is 0 Å². The number of nitrogens with one attached hydrogen (secondary N) is 2. The van der Waals surface area contributed by atoms with Crippen LogP contribution in [0.2, 0.25) is 5.02 Å². The lowest BCUT2D eigenvalue weighted by Gasteiger charge is -2.34. The highest BCUT2D eigenvalue weighted by molar-refractivity contribution is 6.31. The Kier molecular flexibility index (Phi) is 5.53. The number of hydrogen-bond acceptors (Lipinski definition) is 3. The molecular formula is C19H25ClN4O2. The van der Waals surface area contributed by atoms with E-state index in [-0.39, 0.29) is 29.8 Å². The lowest BCUT2D eigenvalue weighted by molar-refractivity contribution is -0.130.